The third-order valence-electron chi connectivity index (χ3n) is 12.9. The standard InChI is InChI=1S/C64H112O6/c1-4-7-10-13-16-19-22-25-28-29-30-31-32-33-34-35-37-39-42-45-48-51-54-57-63(66)69-60-61(59-68-62(65)56-53-50-47-44-41-38-27-24-21-18-15-12-9-6-3)70-64(67)58-55-52-49-46-43-40-36-26-23-20-17-14-11-8-5-2/h8,11,17,20,22,25-26,29-30,36,43,46,61H,4-7,9-10,12-16,18-19,21,23-24,27-28,31-35,37-42,44-45,47-60H2,1-3H3/b11-8-,20-17-,25-22-,30-29-,36-26-,46-43-. The van der Waals surface area contributed by atoms with Gasteiger partial charge in [0.05, 0.1) is 0 Å². The summed E-state index contributed by atoms with van der Waals surface area (Å²) in [5, 5.41) is 0. The van der Waals surface area contributed by atoms with Crippen molar-refractivity contribution in [2.45, 2.75) is 303 Å². The lowest BCUT2D eigenvalue weighted by atomic mass is 10.0. The van der Waals surface area contributed by atoms with Crippen LogP contribution in [0.5, 0.6) is 0 Å². The second kappa shape index (κ2) is 58.4. The third kappa shape index (κ3) is 55.8. The molecule has 0 aliphatic carbocycles. The first kappa shape index (κ1) is 66.9. The number of esters is 3. The van der Waals surface area contributed by atoms with Crippen molar-refractivity contribution in [3.63, 3.8) is 0 Å². The van der Waals surface area contributed by atoms with E-state index < -0.39 is 6.10 Å². The Bertz CT molecular complexity index is 1310. The van der Waals surface area contributed by atoms with Crippen LogP contribution in [0.4, 0.5) is 0 Å². The highest BCUT2D eigenvalue weighted by atomic mass is 16.6. The summed E-state index contributed by atoms with van der Waals surface area (Å²) < 4.78 is 16.8. The summed E-state index contributed by atoms with van der Waals surface area (Å²) in [4.78, 5) is 38.2. The first-order valence-electron chi connectivity index (χ1n) is 29.9. The summed E-state index contributed by atoms with van der Waals surface area (Å²) in [6.07, 6.45) is 74.7. The fraction of sp³-hybridized carbons (Fsp3) is 0.766. The fourth-order valence-electron chi connectivity index (χ4n) is 8.47. The maximum Gasteiger partial charge on any atom is 0.306 e. The van der Waals surface area contributed by atoms with Gasteiger partial charge in [-0.15, -0.1) is 0 Å². The van der Waals surface area contributed by atoms with Crippen LogP contribution in [-0.4, -0.2) is 37.2 Å². The lowest BCUT2D eigenvalue weighted by Gasteiger charge is -2.18. The molecule has 1 unspecified atom stereocenters. The minimum Gasteiger partial charge on any atom is -0.462 e. The normalized spacial score (nSPS) is 12.6. The first-order valence-corrected chi connectivity index (χ1v) is 29.9. The van der Waals surface area contributed by atoms with E-state index in [2.05, 4.69) is 93.7 Å². The van der Waals surface area contributed by atoms with E-state index in [-0.39, 0.29) is 37.5 Å². The second-order valence-corrected chi connectivity index (χ2v) is 19.9. The van der Waals surface area contributed by atoms with Crippen LogP contribution < -0.4 is 0 Å². The number of rotatable bonds is 54. The van der Waals surface area contributed by atoms with Crippen molar-refractivity contribution >= 4 is 17.9 Å². The number of hydrogen-bond acceptors (Lipinski definition) is 6. The van der Waals surface area contributed by atoms with Gasteiger partial charge >= 0.3 is 17.9 Å². The minimum absolute atomic E-state index is 0.0901. The molecule has 0 aromatic carbocycles. The van der Waals surface area contributed by atoms with Crippen molar-refractivity contribution in [2.24, 2.45) is 0 Å². The van der Waals surface area contributed by atoms with E-state index in [1.807, 2.05) is 0 Å². The largest absolute Gasteiger partial charge is 0.462 e. The Morgan fingerprint density at radius 2 is 0.557 bits per heavy atom. The smallest absolute Gasteiger partial charge is 0.306 e. The van der Waals surface area contributed by atoms with Gasteiger partial charge in [0, 0.05) is 19.3 Å². The van der Waals surface area contributed by atoms with Crippen molar-refractivity contribution in [1.29, 1.82) is 0 Å². The quantitative estimate of drug-likeness (QED) is 0.0261. The van der Waals surface area contributed by atoms with E-state index in [1.165, 1.54) is 167 Å². The topological polar surface area (TPSA) is 78.9 Å². The zero-order valence-corrected chi connectivity index (χ0v) is 46.3. The lowest BCUT2D eigenvalue weighted by molar-refractivity contribution is -0.167. The zero-order chi connectivity index (χ0) is 50.7. The summed E-state index contributed by atoms with van der Waals surface area (Å²) in [7, 11) is 0. The van der Waals surface area contributed by atoms with Crippen molar-refractivity contribution < 1.29 is 28.6 Å². The molecule has 0 aliphatic heterocycles. The Kier molecular flexibility index (Phi) is 55.8. The molecular weight excluding hydrogens is 865 g/mol. The highest BCUT2D eigenvalue weighted by Crippen LogP contribution is 2.16. The molecule has 0 aliphatic rings. The number of allylic oxidation sites excluding steroid dienone is 12. The van der Waals surface area contributed by atoms with Gasteiger partial charge in [0.2, 0.25) is 0 Å². The minimum atomic E-state index is -0.796. The fourth-order valence-corrected chi connectivity index (χ4v) is 8.47. The molecule has 6 heteroatoms. The number of ether oxygens (including phenoxy) is 3. The Hall–Kier alpha value is -3.15. The first-order chi connectivity index (χ1) is 34.5. The monoisotopic (exact) mass is 977 g/mol. The number of hydrogen-bond donors (Lipinski definition) is 0. The number of carbonyl (C=O) groups is 3. The average Bonchev–Trinajstić information content (AvgIpc) is 3.36. The Labute approximate surface area is 433 Å². The van der Waals surface area contributed by atoms with Crippen LogP contribution in [0.25, 0.3) is 0 Å². The van der Waals surface area contributed by atoms with Crippen LogP contribution in [0, 0.1) is 0 Å². The number of carbonyl (C=O) groups excluding carboxylic acids is 3. The summed E-state index contributed by atoms with van der Waals surface area (Å²) in [5.74, 6) is -0.923. The van der Waals surface area contributed by atoms with Crippen LogP contribution in [0.2, 0.25) is 0 Å². The molecule has 0 aromatic rings. The summed E-state index contributed by atoms with van der Waals surface area (Å²) in [6, 6.07) is 0. The number of unbranched alkanes of at least 4 members (excludes halogenated alkanes) is 31. The van der Waals surface area contributed by atoms with Crippen LogP contribution in [0.15, 0.2) is 72.9 Å². The molecule has 0 heterocycles. The molecule has 70 heavy (non-hydrogen) atoms. The molecule has 0 bridgehead atoms. The van der Waals surface area contributed by atoms with Crippen LogP contribution >= 0.6 is 0 Å². The van der Waals surface area contributed by atoms with Crippen LogP contribution in [0.3, 0.4) is 0 Å². The van der Waals surface area contributed by atoms with Gasteiger partial charge in [-0.3, -0.25) is 14.4 Å². The van der Waals surface area contributed by atoms with Crippen LogP contribution in [0.1, 0.15) is 297 Å². The molecule has 0 saturated heterocycles. The van der Waals surface area contributed by atoms with Gasteiger partial charge in [-0.05, 0) is 89.9 Å². The lowest BCUT2D eigenvalue weighted by Crippen LogP contribution is -2.30. The summed E-state index contributed by atoms with van der Waals surface area (Å²) in [5.41, 5.74) is 0. The van der Waals surface area contributed by atoms with Crippen LogP contribution in [-0.2, 0) is 28.6 Å². The Morgan fingerprint density at radius 3 is 0.900 bits per heavy atom. The van der Waals surface area contributed by atoms with Gasteiger partial charge in [-0.2, -0.15) is 0 Å². The molecular formula is C64H112O6. The Morgan fingerprint density at radius 1 is 0.300 bits per heavy atom. The van der Waals surface area contributed by atoms with Gasteiger partial charge in [0.25, 0.3) is 0 Å². The maximum atomic E-state index is 12.8. The molecule has 0 spiro atoms. The molecule has 1 atom stereocenters. The maximum absolute atomic E-state index is 12.8. The molecule has 6 nitrogen and oxygen atoms in total. The molecule has 0 fully saturated rings. The van der Waals surface area contributed by atoms with Gasteiger partial charge in [0.1, 0.15) is 13.2 Å². The van der Waals surface area contributed by atoms with E-state index in [4.69, 9.17) is 14.2 Å². The Balaban J connectivity index is 4.35. The highest BCUT2D eigenvalue weighted by Gasteiger charge is 2.19. The molecule has 0 radical (unpaired) electrons. The predicted molar refractivity (Wildman–Crippen MR) is 302 cm³/mol. The predicted octanol–water partition coefficient (Wildman–Crippen LogP) is 20.2. The van der Waals surface area contributed by atoms with Gasteiger partial charge < -0.3 is 14.2 Å². The second-order valence-electron chi connectivity index (χ2n) is 19.9. The molecule has 0 rings (SSSR count). The van der Waals surface area contributed by atoms with Gasteiger partial charge in [-0.1, -0.05) is 261 Å². The van der Waals surface area contributed by atoms with E-state index in [0.717, 1.165) is 83.5 Å². The van der Waals surface area contributed by atoms with Crippen molar-refractivity contribution in [3.8, 4) is 0 Å². The average molecular weight is 978 g/mol. The van der Waals surface area contributed by atoms with Gasteiger partial charge in [-0.25, -0.2) is 0 Å². The SMILES string of the molecule is CC/C=C\C/C=C\C/C=C\C/C=C\CCCCC(=O)OC(COC(=O)CCCCCCCCCCCCC/C=C\C/C=C\CCCCCCC)COC(=O)CCCCCCCCCCCCCCCC. The third-order valence-corrected chi connectivity index (χ3v) is 12.9. The summed E-state index contributed by atoms with van der Waals surface area (Å²) in [6.45, 7) is 6.51. The van der Waals surface area contributed by atoms with Crippen molar-refractivity contribution in [3.05, 3.63) is 72.9 Å². The molecule has 404 valence electrons. The molecule has 0 amide bonds. The zero-order valence-electron chi connectivity index (χ0n) is 46.3. The summed E-state index contributed by atoms with van der Waals surface area (Å²) >= 11 is 0. The van der Waals surface area contributed by atoms with E-state index >= 15 is 0 Å². The molecule has 0 saturated carbocycles. The van der Waals surface area contributed by atoms with Crippen molar-refractivity contribution in [2.75, 3.05) is 13.2 Å². The van der Waals surface area contributed by atoms with E-state index in [9.17, 15) is 14.4 Å². The molecule has 0 N–H and O–H groups in total. The van der Waals surface area contributed by atoms with E-state index in [1.54, 1.807) is 0 Å². The highest BCUT2D eigenvalue weighted by molar-refractivity contribution is 5.71. The molecule has 0 aromatic heterocycles. The van der Waals surface area contributed by atoms with Crippen molar-refractivity contribution in [1.82, 2.24) is 0 Å². The van der Waals surface area contributed by atoms with E-state index in [0.29, 0.717) is 19.3 Å². The van der Waals surface area contributed by atoms with Gasteiger partial charge in [0.15, 0.2) is 6.10 Å².